The molecule has 0 aromatic heterocycles. The fourth-order valence-electron chi connectivity index (χ4n) is 2.99. The molecule has 1 aliphatic rings. The second kappa shape index (κ2) is 7.49. The molecule has 0 atom stereocenters. The van der Waals surface area contributed by atoms with Crippen LogP contribution in [0.5, 0.6) is 0 Å². The van der Waals surface area contributed by atoms with Crippen LogP contribution in [0.1, 0.15) is 5.56 Å². The van der Waals surface area contributed by atoms with Gasteiger partial charge in [-0.3, -0.25) is 10.1 Å². The highest BCUT2D eigenvalue weighted by Crippen LogP contribution is 2.31. The van der Waals surface area contributed by atoms with Gasteiger partial charge in [0.05, 0.1) is 16.6 Å². The molecule has 0 amide bonds. The standard InChI is InChI=1S/C17H14F2N4O4S/c18-13-2-4-17(14(19)10-13)28(26,27)22-7-5-21(6-8-22)16-9-12(11-20)1-3-15(16)23(24)25/h1-4,9-10H,5-8H2. The van der Waals surface area contributed by atoms with E-state index in [1.165, 1.54) is 18.2 Å². The largest absolute Gasteiger partial charge is 0.363 e. The molecular formula is C17H14F2N4O4S. The Morgan fingerprint density at radius 1 is 1.07 bits per heavy atom. The topological polar surface area (TPSA) is 108 Å². The van der Waals surface area contributed by atoms with Crippen LogP contribution >= 0.6 is 0 Å². The Kier molecular flexibility index (Phi) is 5.26. The van der Waals surface area contributed by atoms with Gasteiger partial charge in [0.2, 0.25) is 10.0 Å². The molecular weight excluding hydrogens is 394 g/mol. The van der Waals surface area contributed by atoms with Gasteiger partial charge in [0, 0.05) is 38.3 Å². The first kappa shape index (κ1) is 19.7. The van der Waals surface area contributed by atoms with E-state index >= 15 is 0 Å². The molecule has 11 heteroatoms. The molecule has 0 radical (unpaired) electrons. The third-order valence-electron chi connectivity index (χ3n) is 4.39. The molecule has 28 heavy (non-hydrogen) atoms. The number of sulfonamides is 1. The summed E-state index contributed by atoms with van der Waals surface area (Å²) in [7, 11) is -4.18. The Bertz CT molecular complexity index is 1080. The van der Waals surface area contributed by atoms with Crippen LogP contribution in [0.3, 0.4) is 0 Å². The van der Waals surface area contributed by atoms with Gasteiger partial charge in [-0.15, -0.1) is 0 Å². The molecule has 2 aromatic carbocycles. The van der Waals surface area contributed by atoms with Crippen molar-refractivity contribution in [3.05, 3.63) is 63.7 Å². The highest BCUT2D eigenvalue weighted by Gasteiger charge is 2.32. The van der Waals surface area contributed by atoms with E-state index < -0.39 is 31.5 Å². The zero-order valence-corrected chi connectivity index (χ0v) is 15.2. The molecule has 0 saturated carbocycles. The van der Waals surface area contributed by atoms with Gasteiger partial charge in [-0.1, -0.05) is 0 Å². The summed E-state index contributed by atoms with van der Waals surface area (Å²) < 4.78 is 53.3. The van der Waals surface area contributed by atoms with E-state index in [2.05, 4.69) is 0 Å². The van der Waals surface area contributed by atoms with Gasteiger partial charge < -0.3 is 4.90 Å². The fourth-order valence-corrected chi connectivity index (χ4v) is 4.46. The predicted molar refractivity (Wildman–Crippen MR) is 95.1 cm³/mol. The summed E-state index contributed by atoms with van der Waals surface area (Å²) in [6.07, 6.45) is 0. The average molecular weight is 408 g/mol. The van der Waals surface area contributed by atoms with Gasteiger partial charge in [0.1, 0.15) is 22.2 Å². The lowest BCUT2D eigenvalue weighted by Crippen LogP contribution is -2.49. The van der Waals surface area contributed by atoms with Gasteiger partial charge in [0.15, 0.2) is 0 Å². The molecule has 0 unspecified atom stereocenters. The summed E-state index contributed by atoms with van der Waals surface area (Å²) in [5.74, 6) is -2.06. The Labute approximate surface area is 159 Å². The van der Waals surface area contributed by atoms with Crippen molar-refractivity contribution >= 4 is 21.4 Å². The number of nitro groups is 1. The van der Waals surface area contributed by atoms with Crippen LogP contribution in [0.4, 0.5) is 20.2 Å². The van der Waals surface area contributed by atoms with Crippen molar-refractivity contribution in [2.45, 2.75) is 4.90 Å². The summed E-state index contributed by atoms with van der Waals surface area (Å²) >= 11 is 0. The van der Waals surface area contributed by atoms with Crippen LogP contribution in [-0.2, 0) is 10.0 Å². The summed E-state index contributed by atoms with van der Waals surface area (Å²) in [4.78, 5) is 11.7. The third kappa shape index (κ3) is 3.64. The van der Waals surface area contributed by atoms with Crippen molar-refractivity contribution in [2.24, 2.45) is 0 Å². The molecule has 146 valence electrons. The highest BCUT2D eigenvalue weighted by molar-refractivity contribution is 7.89. The fraction of sp³-hybridized carbons (Fsp3) is 0.235. The Balaban J connectivity index is 1.83. The minimum absolute atomic E-state index is 0.0485. The zero-order chi connectivity index (χ0) is 20.5. The number of nitriles is 1. The van der Waals surface area contributed by atoms with Crippen LogP contribution in [0.2, 0.25) is 0 Å². The second-order valence-corrected chi connectivity index (χ2v) is 7.94. The lowest BCUT2D eigenvalue weighted by Gasteiger charge is -2.35. The van der Waals surface area contributed by atoms with E-state index in [4.69, 9.17) is 5.26 Å². The van der Waals surface area contributed by atoms with E-state index in [-0.39, 0.29) is 43.1 Å². The van der Waals surface area contributed by atoms with E-state index in [0.717, 1.165) is 16.4 Å². The summed E-state index contributed by atoms with van der Waals surface area (Å²) in [5, 5.41) is 20.3. The van der Waals surface area contributed by atoms with Crippen LogP contribution in [-0.4, -0.2) is 43.8 Å². The number of rotatable bonds is 4. The number of hydrogen-bond donors (Lipinski definition) is 0. The van der Waals surface area contributed by atoms with Gasteiger partial charge >= 0.3 is 0 Å². The second-order valence-electron chi connectivity index (χ2n) is 6.04. The lowest BCUT2D eigenvalue weighted by molar-refractivity contribution is -0.384. The van der Waals surface area contributed by atoms with Gasteiger partial charge in [-0.05, 0) is 24.3 Å². The summed E-state index contributed by atoms with van der Waals surface area (Å²) in [6, 6.07) is 8.08. The Hall–Kier alpha value is -3.10. The maximum atomic E-state index is 13.9. The first-order valence-electron chi connectivity index (χ1n) is 8.12. The molecule has 1 saturated heterocycles. The number of halogens is 2. The number of piperazine rings is 1. The van der Waals surface area contributed by atoms with E-state index in [1.807, 2.05) is 6.07 Å². The van der Waals surface area contributed by atoms with Crippen molar-refractivity contribution < 1.29 is 22.1 Å². The maximum Gasteiger partial charge on any atom is 0.292 e. The minimum atomic E-state index is -4.18. The maximum absolute atomic E-state index is 13.9. The third-order valence-corrected chi connectivity index (χ3v) is 6.32. The molecule has 1 heterocycles. The van der Waals surface area contributed by atoms with E-state index in [1.54, 1.807) is 4.90 Å². The molecule has 8 nitrogen and oxygen atoms in total. The predicted octanol–water partition coefficient (Wildman–Crippen LogP) is 2.26. The smallest absolute Gasteiger partial charge is 0.292 e. The molecule has 1 aliphatic heterocycles. The average Bonchev–Trinajstić information content (AvgIpc) is 2.67. The number of benzene rings is 2. The number of nitro benzene ring substituents is 1. The first-order chi connectivity index (χ1) is 13.2. The molecule has 3 rings (SSSR count). The van der Waals surface area contributed by atoms with Crippen molar-refractivity contribution in [1.29, 1.82) is 5.26 Å². The molecule has 0 N–H and O–H groups in total. The SMILES string of the molecule is N#Cc1ccc([N+](=O)[O-])c(N2CCN(S(=O)(=O)c3ccc(F)cc3F)CC2)c1. The summed E-state index contributed by atoms with van der Waals surface area (Å²) in [5.41, 5.74) is 0.262. The monoisotopic (exact) mass is 408 g/mol. The van der Waals surface area contributed by atoms with Crippen molar-refractivity contribution in [1.82, 2.24) is 4.31 Å². The number of nitrogens with zero attached hydrogens (tertiary/aromatic N) is 4. The van der Waals surface area contributed by atoms with Gasteiger partial charge in [0.25, 0.3) is 5.69 Å². The van der Waals surface area contributed by atoms with Gasteiger partial charge in [-0.2, -0.15) is 9.57 Å². The summed E-state index contributed by atoms with van der Waals surface area (Å²) in [6.45, 7) is 0.121. The lowest BCUT2D eigenvalue weighted by atomic mass is 10.1. The van der Waals surface area contributed by atoms with Crippen LogP contribution in [0, 0.1) is 33.1 Å². The van der Waals surface area contributed by atoms with Crippen LogP contribution in [0.25, 0.3) is 0 Å². The Morgan fingerprint density at radius 2 is 1.75 bits per heavy atom. The molecule has 0 spiro atoms. The molecule has 0 bridgehead atoms. The molecule has 1 fully saturated rings. The first-order valence-corrected chi connectivity index (χ1v) is 9.57. The van der Waals surface area contributed by atoms with Gasteiger partial charge in [-0.25, -0.2) is 17.2 Å². The zero-order valence-electron chi connectivity index (χ0n) is 14.4. The highest BCUT2D eigenvalue weighted by atomic mass is 32.2. The number of anilines is 1. The normalized spacial score (nSPS) is 15.2. The van der Waals surface area contributed by atoms with Crippen LogP contribution < -0.4 is 4.90 Å². The van der Waals surface area contributed by atoms with E-state index in [9.17, 15) is 27.3 Å². The molecule has 2 aromatic rings. The molecule has 0 aliphatic carbocycles. The quantitative estimate of drug-likeness (QED) is 0.567. The van der Waals surface area contributed by atoms with E-state index in [0.29, 0.717) is 6.07 Å². The minimum Gasteiger partial charge on any atom is -0.363 e. The van der Waals surface area contributed by atoms with Crippen molar-refractivity contribution in [3.8, 4) is 6.07 Å². The Morgan fingerprint density at radius 3 is 2.32 bits per heavy atom. The number of hydrogen-bond acceptors (Lipinski definition) is 6. The van der Waals surface area contributed by atoms with Crippen molar-refractivity contribution in [3.63, 3.8) is 0 Å². The van der Waals surface area contributed by atoms with Crippen LogP contribution in [0.15, 0.2) is 41.3 Å². The van der Waals surface area contributed by atoms with Crippen molar-refractivity contribution in [2.75, 3.05) is 31.1 Å².